The van der Waals surface area contributed by atoms with E-state index in [1.54, 1.807) is 0 Å². The zero-order chi connectivity index (χ0) is 20.3. The molecule has 0 atom stereocenters. The van der Waals surface area contributed by atoms with Gasteiger partial charge in [0.2, 0.25) is 5.91 Å². The van der Waals surface area contributed by atoms with Crippen LogP contribution in [0.15, 0.2) is 66.9 Å². The summed E-state index contributed by atoms with van der Waals surface area (Å²) in [5.74, 6) is 0.232. The van der Waals surface area contributed by atoms with Gasteiger partial charge in [-0.2, -0.15) is 0 Å². The number of carbonyl (C=O) groups is 1. The summed E-state index contributed by atoms with van der Waals surface area (Å²) < 4.78 is 0. The molecule has 0 spiro atoms. The van der Waals surface area contributed by atoms with Crippen molar-refractivity contribution >= 4 is 27.7 Å². The lowest BCUT2D eigenvalue weighted by atomic mass is 10.1. The van der Waals surface area contributed by atoms with Crippen LogP contribution in [0.25, 0.3) is 21.8 Å². The zero-order valence-electron chi connectivity index (χ0n) is 17.1. The maximum absolute atomic E-state index is 12.7. The van der Waals surface area contributed by atoms with E-state index in [4.69, 9.17) is 0 Å². The van der Waals surface area contributed by atoms with Crippen LogP contribution in [0.3, 0.4) is 0 Å². The van der Waals surface area contributed by atoms with E-state index in [1.807, 2.05) is 23.2 Å². The van der Waals surface area contributed by atoms with Gasteiger partial charge in [-0.3, -0.25) is 14.7 Å². The maximum Gasteiger partial charge on any atom is 0.223 e. The van der Waals surface area contributed by atoms with E-state index in [9.17, 15) is 4.79 Å². The Morgan fingerprint density at radius 2 is 1.67 bits per heavy atom. The molecule has 1 amide bonds. The fraction of sp³-hybridized carbons (Fsp3) is 0.280. The highest BCUT2D eigenvalue weighted by Gasteiger charge is 2.21. The first kappa shape index (κ1) is 18.8. The number of pyridine rings is 1. The van der Waals surface area contributed by atoms with E-state index in [2.05, 4.69) is 63.4 Å². The third kappa shape index (κ3) is 3.94. The third-order valence-corrected chi connectivity index (χ3v) is 6.02. The minimum absolute atomic E-state index is 0.232. The van der Waals surface area contributed by atoms with E-state index in [0.717, 1.165) is 49.5 Å². The lowest BCUT2D eigenvalue weighted by molar-refractivity contribution is -0.133. The maximum atomic E-state index is 12.7. The number of hydrogen-bond donors (Lipinski definition) is 1. The van der Waals surface area contributed by atoms with Gasteiger partial charge in [-0.05, 0) is 24.1 Å². The fourth-order valence-electron chi connectivity index (χ4n) is 4.32. The number of hydrogen-bond acceptors (Lipinski definition) is 3. The summed E-state index contributed by atoms with van der Waals surface area (Å²) in [6, 6.07) is 20.9. The predicted molar refractivity (Wildman–Crippen MR) is 120 cm³/mol. The Balaban J connectivity index is 1.17. The van der Waals surface area contributed by atoms with Gasteiger partial charge in [0, 0.05) is 61.1 Å². The van der Waals surface area contributed by atoms with Gasteiger partial charge in [0.15, 0.2) is 0 Å². The minimum atomic E-state index is 0.232. The van der Waals surface area contributed by atoms with Crippen molar-refractivity contribution < 1.29 is 4.79 Å². The van der Waals surface area contributed by atoms with Crippen LogP contribution >= 0.6 is 0 Å². The van der Waals surface area contributed by atoms with Crippen LogP contribution in [-0.2, 0) is 17.8 Å². The molecular formula is C25H26N4O. The Labute approximate surface area is 176 Å². The number of aryl methyl sites for hydroxylation is 1. The number of rotatable bonds is 5. The molecule has 0 aliphatic carbocycles. The predicted octanol–water partition coefficient (Wildman–Crippen LogP) is 3.99. The van der Waals surface area contributed by atoms with Crippen LogP contribution in [0, 0.1) is 0 Å². The molecule has 0 radical (unpaired) electrons. The molecule has 30 heavy (non-hydrogen) atoms. The number of fused-ring (bicyclic) bond motifs is 3. The van der Waals surface area contributed by atoms with E-state index in [0.29, 0.717) is 12.8 Å². The lowest BCUT2D eigenvalue weighted by Gasteiger charge is -2.34. The summed E-state index contributed by atoms with van der Waals surface area (Å²) in [6.45, 7) is 4.43. The quantitative estimate of drug-likeness (QED) is 0.553. The Bertz CT molecular complexity index is 1160. The van der Waals surface area contributed by atoms with E-state index in [1.165, 1.54) is 16.3 Å². The molecule has 5 nitrogen and oxygen atoms in total. The molecule has 5 rings (SSSR count). The van der Waals surface area contributed by atoms with Gasteiger partial charge in [-0.15, -0.1) is 0 Å². The van der Waals surface area contributed by atoms with Crippen LogP contribution in [-0.4, -0.2) is 51.9 Å². The second kappa shape index (κ2) is 8.28. The average molecular weight is 399 g/mol. The third-order valence-electron chi connectivity index (χ3n) is 6.02. The second-order valence-corrected chi connectivity index (χ2v) is 8.03. The van der Waals surface area contributed by atoms with Crippen molar-refractivity contribution in [3.8, 4) is 0 Å². The van der Waals surface area contributed by atoms with Gasteiger partial charge in [-0.25, -0.2) is 0 Å². The van der Waals surface area contributed by atoms with Gasteiger partial charge in [0.1, 0.15) is 0 Å². The Hall–Kier alpha value is -3.18. The smallest absolute Gasteiger partial charge is 0.223 e. The van der Waals surface area contributed by atoms with Crippen molar-refractivity contribution in [1.82, 2.24) is 19.8 Å². The molecule has 2 aromatic heterocycles. The minimum Gasteiger partial charge on any atom is -0.353 e. The van der Waals surface area contributed by atoms with Crippen LogP contribution < -0.4 is 0 Å². The number of nitrogens with one attached hydrogen (secondary N) is 1. The van der Waals surface area contributed by atoms with Gasteiger partial charge in [0.05, 0.1) is 11.7 Å². The van der Waals surface area contributed by atoms with Gasteiger partial charge < -0.3 is 9.88 Å². The normalized spacial score (nSPS) is 15.1. The van der Waals surface area contributed by atoms with E-state index >= 15 is 0 Å². The van der Waals surface area contributed by atoms with Crippen LogP contribution in [0.2, 0.25) is 0 Å². The number of nitrogens with zero attached hydrogens (tertiary/aromatic N) is 3. The molecule has 1 aliphatic rings. The van der Waals surface area contributed by atoms with Crippen molar-refractivity contribution in [2.45, 2.75) is 19.4 Å². The molecule has 2 aromatic carbocycles. The number of carbonyl (C=O) groups excluding carboxylic acids is 1. The molecule has 152 valence electrons. The lowest BCUT2D eigenvalue weighted by Crippen LogP contribution is -2.48. The molecule has 0 saturated carbocycles. The standard InChI is InChI=1S/C25H26N4O/c30-25(29-14-12-28(13-15-29)18-19-6-2-1-3-7-19)11-10-20-16-22-21-8-4-5-9-23(21)27-24(22)17-26-20/h1-9,16-17,27H,10-15,18H2. The van der Waals surface area contributed by atoms with Crippen molar-refractivity contribution in [2.24, 2.45) is 0 Å². The first-order chi connectivity index (χ1) is 14.8. The number of benzene rings is 2. The van der Waals surface area contributed by atoms with Crippen LogP contribution in [0.1, 0.15) is 17.7 Å². The number of aromatic amines is 1. The summed E-state index contributed by atoms with van der Waals surface area (Å²) in [5.41, 5.74) is 4.47. The molecular weight excluding hydrogens is 372 g/mol. The Morgan fingerprint density at radius 3 is 2.50 bits per heavy atom. The fourth-order valence-corrected chi connectivity index (χ4v) is 4.32. The summed E-state index contributed by atoms with van der Waals surface area (Å²) in [4.78, 5) is 25.1. The SMILES string of the molecule is O=C(CCc1cc2c(cn1)[nH]c1ccccc12)N1CCN(Cc2ccccc2)CC1. The number of piperazine rings is 1. The average Bonchev–Trinajstić information content (AvgIpc) is 3.17. The van der Waals surface area contributed by atoms with E-state index < -0.39 is 0 Å². The molecule has 3 heterocycles. The number of amides is 1. The number of aromatic nitrogens is 2. The Morgan fingerprint density at radius 1 is 0.900 bits per heavy atom. The molecule has 0 bridgehead atoms. The molecule has 4 aromatic rings. The molecule has 0 unspecified atom stereocenters. The second-order valence-electron chi connectivity index (χ2n) is 8.03. The van der Waals surface area contributed by atoms with Crippen molar-refractivity contribution in [1.29, 1.82) is 0 Å². The van der Waals surface area contributed by atoms with Gasteiger partial charge >= 0.3 is 0 Å². The summed E-state index contributed by atoms with van der Waals surface area (Å²) in [6.07, 6.45) is 3.08. The molecule has 1 N–H and O–H groups in total. The monoisotopic (exact) mass is 398 g/mol. The van der Waals surface area contributed by atoms with Crippen molar-refractivity contribution in [3.63, 3.8) is 0 Å². The number of H-pyrrole nitrogens is 1. The van der Waals surface area contributed by atoms with Crippen LogP contribution in [0.5, 0.6) is 0 Å². The largest absolute Gasteiger partial charge is 0.353 e. The number of para-hydroxylation sites is 1. The highest BCUT2D eigenvalue weighted by Crippen LogP contribution is 2.25. The summed E-state index contributed by atoms with van der Waals surface area (Å²) in [5, 5.41) is 2.38. The molecule has 5 heteroatoms. The first-order valence-electron chi connectivity index (χ1n) is 10.7. The van der Waals surface area contributed by atoms with Crippen molar-refractivity contribution in [3.05, 3.63) is 78.1 Å². The highest BCUT2D eigenvalue weighted by molar-refractivity contribution is 6.06. The van der Waals surface area contributed by atoms with Gasteiger partial charge in [-0.1, -0.05) is 48.5 Å². The molecule has 1 saturated heterocycles. The Kier molecular flexibility index (Phi) is 5.20. The topological polar surface area (TPSA) is 52.2 Å². The molecule has 1 fully saturated rings. The zero-order valence-corrected chi connectivity index (χ0v) is 17.1. The molecule has 1 aliphatic heterocycles. The highest BCUT2D eigenvalue weighted by atomic mass is 16.2. The van der Waals surface area contributed by atoms with Gasteiger partial charge in [0.25, 0.3) is 0 Å². The first-order valence-corrected chi connectivity index (χ1v) is 10.7. The summed E-state index contributed by atoms with van der Waals surface area (Å²) >= 11 is 0. The van der Waals surface area contributed by atoms with Crippen LogP contribution in [0.4, 0.5) is 0 Å². The van der Waals surface area contributed by atoms with Crippen molar-refractivity contribution in [2.75, 3.05) is 26.2 Å². The summed E-state index contributed by atoms with van der Waals surface area (Å²) in [7, 11) is 0. The van der Waals surface area contributed by atoms with E-state index in [-0.39, 0.29) is 5.91 Å².